The number of rotatable bonds is 2. The van der Waals surface area contributed by atoms with Crippen molar-refractivity contribution in [3.8, 4) is 11.5 Å². The molecule has 0 bridgehead atoms. The number of ether oxygens (including phenoxy) is 2. The van der Waals surface area contributed by atoms with Gasteiger partial charge in [0.15, 0.2) is 0 Å². The number of aryl methyl sites for hydroxylation is 1. The molecular formula is C29H37N3O5. The third-order valence-corrected chi connectivity index (χ3v) is 7.53. The number of nitrogens with one attached hydrogen (secondary N) is 2. The van der Waals surface area contributed by atoms with Crippen LogP contribution >= 0.6 is 0 Å². The average molecular weight is 508 g/mol. The van der Waals surface area contributed by atoms with Gasteiger partial charge in [-0.3, -0.25) is 14.4 Å². The van der Waals surface area contributed by atoms with Crippen LogP contribution in [0.2, 0.25) is 0 Å². The number of amides is 3. The first-order valence-corrected chi connectivity index (χ1v) is 13.1. The van der Waals surface area contributed by atoms with Gasteiger partial charge in [-0.2, -0.15) is 0 Å². The SMILES string of the molecule is COc1cccc(C(=O)N2CCC3(CCCCc4ccccc4OCCNC(=O)[C@H](C)NC3=O)CC2)c1. The molecule has 8 heteroatoms. The maximum Gasteiger partial charge on any atom is 0.253 e. The molecule has 8 nitrogen and oxygen atoms in total. The van der Waals surface area contributed by atoms with E-state index >= 15 is 0 Å². The Balaban J connectivity index is 1.48. The second-order valence-electron chi connectivity index (χ2n) is 9.95. The van der Waals surface area contributed by atoms with Gasteiger partial charge in [0.1, 0.15) is 24.1 Å². The van der Waals surface area contributed by atoms with E-state index in [1.54, 1.807) is 32.2 Å². The van der Waals surface area contributed by atoms with E-state index in [1.165, 1.54) is 0 Å². The molecule has 4 rings (SSSR count). The predicted octanol–water partition coefficient (Wildman–Crippen LogP) is 3.34. The zero-order valence-corrected chi connectivity index (χ0v) is 21.8. The number of hydrogen-bond acceptors (Lipinski definition) is 5. The molecule has 2 N–H and O–H groups in total. The highest BCUT2D eigenvalue weighted by atomic mass is 16.5. The third-order valence-electron chi connectivity index (χ3n) is 7.53. The molecule has 0 aromatic heterocycles. The van der Waals surface area contributed by atoms with E-state index in [0.29, 0.717) is 56.8 Å². The van der Waals surface area contributed by atoms with Gasteiger partial charge in [-0.05, 0) is 68.9 Å². The minimum Gasteiger partial charge on any atom is -0.497 e. The molecule has 198 valence electrons. The van der Waals surface area contributed by atoms with E-state index < -0.39 is 11.5 Å². The molecule has 1 saturated heterocycles. The largest absolute Gasteiger partial charge is 0.497 e. The Morgan fingerprint density at radius 3 is 2.62 bits per heavy atom. The summed E-state index contributed by atoms with van der Waals surface area (Å²) >= 11 is 0. The van der Waals surface area contributed by atoms with E-state index in [-0.39, 0.29) is 17.7 Å². The molecule has 2 aromatic rings. The average Bonchev–Trinajstić information content (AvgIpc) is 2.93. The number of nitrogens with zero attached hydrogens (tertiary/aromatic N) is 1. The zero-order chi connectivity index (χ0) is 26.3. The van der Waals surface area contributed by atoms with Gasteiger partial charge in [-0.15, -0.1) is 0 Å². The highest BCUT2D eigenvalue weighted by Crippen LogP contribution is 2.38. The van der Waals surface area contributed by atoms with Gasteiger partial charge in [0.25, 0.3) is 5.91 Å². The summed E-state index contributed by atoms with van der Waals surface area (Å²) in [5.41, 5.74) is 1.10. The van der Waals surface area contributed by atoms with Crippen LogP contribution in [0.1, 0.15) is 54.9 Å². The van der Waals surface area contributed by atoms with Crippen molar-refractivity contribution in [2.45, 2.75) is 51.5 Å². The Kier molecular flexibility index (Phi) is 8.69. The molecule has 3 amide bonds. The fraction of sp³-hybridized carbons (Fsp3) is 0.483. The highest BCUT2D eigenvalue weighted by molar-refractivity contribution is 5.95. The van der Waals surface area contributed by atoms with Crippen molar-refractivity contribution in [3.05, 3.63) is 59.7 Å². The van der Waals surface area contributed by atoms with Crippen molar-refractivity contribution >= 4 is 17.7 Å². The Hall–Kier alpha value is -3.55. The fourth-order valence-electron chi connectivity index (χ4n) is 5.20. The quantitative estimate of drug-likeness (QED) is 0.650. The summed E-state index contributed by atoms with van der Waals surface area (Å²) in [5.74, 6) is 1.08. The van der Waals surface area contributed by atoms with Crippen molar-refractivity contribution in [1.82, 2.24) is 15.5 Å². The molecule has 2 aliphatic rings. The third kappa shape index (κ3) is 6.42. The molecule has 1 atom stereocenters. The highest BCUT2D eigenvalue weighted by Gasteiger charge is 2.42. The van der Waals surface area contributed by atoms with Crippen molar-refractivity contribution in [2.75, 3.05) is 33.4 Å². The van der Waals surface area contributed by atoms with E-state index in [9.17, 15) is 14.4 Å². The molecule has 0 saturated carbocycles. The second-order valence-corrected chi connectivity index (χ2v) is 9.95. The van der Waals surface area contributed by atoms with Crippen LogP contribution in [0, 0.1) is 5.41 Å². The van der Waals surface area contributed by atoms with Gasteiger partial charge in [0.2, 0.25) is 11.8 Å². The maximum atomic E-state index is 13.6. The summed E-state index contributed by atoms with van der Waals surface area (Å²) in [4.78, 5) is 41.2. The Morgan fingerprint density at radius 1 is 1.05 bits per heavy atom. The van der Waals surface area contributed by atoms with Crippen LogP contribution in [0.4, 0.5) is 0 Å². The monoisotopic (exact) mass is 507 g/mol. The molecule has 2 heterocycles. The smallest absolute Gasteiger partial charge is 0.253 e. The number of likely N-dealkylation sites (tertiary alicyclic amines) is 1. The van der Waals surface area contributed by atoms with E-state index in [2.05, 4.69) is 16.7 Å². The summed E-state index contributed by atoms with van der Waals surface area (Å²) in [6.07, 6.45) is 4.47. The first kappa shape index (κ1) is 26.5. The number of hydrogen-bond donors (Lipinski definition) is 2. The first-order valence-electron chi connectivity index (χ1n) is 13.1. The van der Waals surface area contributed by atoms with Gasteiger partial charge < -0.3 is 25.0 Å². The normalized spacial score (nSPS) is 20.9. The Morgan fingerprint density at radius 2 is 1.84 bits per heavy atom. The first-order chi connectivity index (χ1) is 17.9. The lowest BCUT2D eigenvalue weighted by atomic mass is 9.73. The topological polar surface area (TPSA) is 97.0 Å². The van der Waals surface area contributed by atoms with Crippen LogP contribution in [0.3, 0.4) is 0 Å². The van der Waals surface area contributed by atoms with Gasteiger partial charge in [0.05, 0.1) is 19.1 Å². The summed E-state index contributed by atoms with van der Waals surface area (Å²) < 4.78 is 11.2. The molecule has 0 radical (unpaired) electrons. The molecule has 2 aliphatic heterocycles. The standard InChI is InChI=1S/C29H37N3O5/c1-21-26(33)30-16-19-37-25-12-4-3-8-22(25)9-5-6-13-29(28(35)31-21)14-17-32(18-15-29)27(34)23-10-7-11-24(20-23)36-2/h3-4,7-8,10-12,20-21H,5-6,9,13-19H2,1-2H3,(H,30,33)(H,31,35)/t21-/m0/s1. The van der Waals surface area contributed by atoms with Crippen LogP contribution in [-0.4, -0.2) is 62.0 Å². The van der Waals surface area contributed by atoms with Gasteiger partial charge >= 0.3 is 0 Å². The van der Waals surface area contributed by atoms with Crippen molar-refractivity contribution in [3.63, 3.8) is 0 Å². The van der Waals surface area contributed by atoms with Gasteiger partial charge in [0, 0.05) is 18.7 Å². The predicted molar refractivity (Wildman–Crippen MR) is 141 cm³/mol. The minimum absolute atomic E-state index is 0.0596. The zero-order valence-electron chi connectivity index (χ0n) is 21.8. The number of methoxy groups -OCH3 is 1. The molecule has 1 spiro atoms. The van der Waals surface area contributed by atoms with E-state index in [4.69, 9.17) is 9.47 Å². The number of benzene rings is 2. The molecule has 1 fully saturated rings. The molecule has 37 heavy (non-hydrogen) atoms. The lowest BCUT2D eigenvalue weighted by Crippen LogP contribution is -2.54. The van der Waals surface area contributed by atoms with Crippen LogP contribution in [0.15, 0.2) is 48.5 Å². The maximum absolute atomic E-state index is 13.6. The summed E-state index contributed by atoms with van der Waals surface area (Å²) in [6, 6.07) is 14.5. The molecule has 0 aliphatic carbocycles. The van der Waals surface area contributed by atoms with E-state index in [0.717, 1.165) is 30.6 Å². The number of para-hydroxylation sites is 1. The van der Waals surface area contributed by atoms with E-state index in [1.807, 2.05) is 29.2 Å². The summed E-state index contributed by atoms with van der Waals surface area (Å²) in [7, 11) is 1.58. The number of fused-ring (bicyclic) bond motifs is 1. The lowest BCUT2D eigenvalue weighted by Gasteiger charge is -2.41. The van der Waals surface area contributed by atoms with Crippen LogP contribution < -0.4 is 20.1 Å². The Bertz CT molecular complexity index is 1110. The van der Waals surface area contributed by atoms with Gasteiger partial charge in [-0.1, -0.05) is 30.7 Å². The number of piperidine rings is 1. The van der Waals surface area contributed by atoms with Crippen molar-refractivity contribution < 1.29 is 23.9 Å². The number of carbonyl (C=O) groups excluding carboxylic acids is 3. The molecule has 0 unspecified atom stereocenters. The lowest BCUT2D eigenvalue weighted by molar-refractivity contribution is -0.137. The van der Waals surface area contributed by atoms with Crippen LogP contribution in [0.25, 0.3) is 0 Å². The van der Waals surface area contributed by atoms with Crippen molar-refractivity contribution in [2.24, 2.45) is 5.41 Å². The van der Waals surface area contributed by atoms with Crippen LogP contribution in [-0.2, 0) is 16.0 Å². The summed E-state index contributed by atoms with van der Waals surface area (Å²) in [5, 5.41) is 5.81. The fourth-order valence-corrected chi connectivity index (χ4v) is 5.20. The molecule has 2 aromatic carbocycles. The molecular weight excluding hydrogens is 470 g/mol. The Labute approximate surface area is 218 Å². The second kappa shape index (κ2) is 12.1. The van der Waals surface area contributed by atoms with Gasteiger partial charge in [-0.25, -0.2) is 0 Å². The minimum atomic E-state index is -0.654. The number of carbonyl (C=O) groups is 3. The van der Waals surface area contributed by atoms with Crippen molar-refractivity contribution in [1.29, 1.82) is 0 Å². The summed E-state index contributed by atoms with van der Waals surface area (Å²) in [6.45, 7) is 3.41. The van der Waals surface area contributed by atoms with Crippen LogP contribution in [0.5, 0.6) is 11.5 Å².